The molecule has 2 fully saturated rings. The number of halogens is 1. The molecular formula is C36H48ClN5O8. The van der Waals surface area contributed by atoms with Crippen LogP contribution in [0.3, 0.4) is 0 Å². The fourth-order valence-electron chi connectivity index (χ4n) is 6.02. The molecule has 0 radical (unpaired) electrons. The number of amides is 3. The maximum absolute atomic E-state index is 14.4. The van der Waals surface area contributed by atoms with E-state index in [-0.39, 0.29) is 36.5 Å². The summed E-state index contributed by atoms with van der Waals surface area (Å²) in [5, 5.41) is 5.60. The van der Waals surface area contributed by atoms with Crippen LogP contribution in [-0.4, -0.2) is 88.3 Å². The topological polar surface area (TPSA) is 158 Å². The fraction of sp³-hybridized carbons (Fsp3) is 0.556. The Morgan fingerprint density at radius 3 is 2.54 bits per heavy atom. The third-order valence-corrected chi connectivity index (χ3v) is 8.85. The summed E-state index contributed by atoms with van der Waals surface area (Å²) in [4.78, 5) is 64.7. The quantitative estimate of drug-likeness (QED) is 0.133. The minimum absolute atomic E-state index is 0.00510. The van der Waals surface area contributed by atoms with Gasteiger partial charge in [-0.2, -0.15) is 0 Å². The maximum atomic E-state index is 14.4. The first-order valence-electron chi connectivity index (χ1n) is 17.0. The van der Waals surface area contributed by atoms with E-state index in [4.69, 9.17) is 30.5 Å². The van der Waals surface area contributed by atoms with Gasteiger partial charge >= 0.3 is 12.1 Å². The molecule has 0 bridgehead atoms. The third-order valence-electron chi connectivity index (χ3n) is 8.60. The molecule has 1 aromatic heterocycles. The highest BCUT2D eigenvalue weighted by Crippen LogP contribution is 2.46. The van der Waals surface area contributed by atoms with Gasteiger partial charge in [-0.3, -0.25) is 9.59 Å². The van der Waals surface area contributed by atoms with Crippen LogP contribution in [0.1, 0.15) is 72.6 Å². The van der Waals surface area contributed by atoms with E-state index >= 15 is 0 Å². The number of esters is 1. The number of carbonyl (C=O) groups is 4. The highest BCUT2D eigenvalue weighted by Gasteiger charge is 2.62. The lowest BCUT2D eigenvalue weighted by Gasteiger charge is -2.30. The second-order valence-electron chi connectivity index (χ2n) is 13.5. The number of nitrogens with one attached hydrogen (secondary N) is 2. The van der Waals surface area contributed by atoms with Gasteiger partial charge in [0.2, 0.25) is 11.8 Å². The highest BCUT2D eigenvalue weighted by molar-refractivity contribution is 6.31. The first kappa shape index (κ1) is 38.4. The van der Waals surface area contributed by atoms with Crippen LogP contribution in [0.15, 0.2) is 43.5 Å². The van der Waals surface area contributed by atoms with Crippen molar-refractivity contribution < 1.29 is 38.1 Å². The number of alkyl carbamates (subject to hydrolysis) is 1. The normalized spacial score (nSPS) is 21.9. The standard InChI is InChI=1S/C36H48ClN5O8/c1-8-11-12-13-14-15-26(40-34(46)50-35(4,5)6)32(44)42-21-24(49-31-29(37)38-25-17-16-23(47-7)18-27(25)39-31)19-28(42)30(43)41-36(20-22(36)9-2)33(45)48-10-3/h8-9,16-18,22,24,26,28H,1-2,10-15,19-21H2,3-7H3,(H,40,46)(H,41,43)/t22-,24-,26+,28+,36-/m1/s1. The number of aromatic nitrogens is 2. The van der Waals surface area contributed by atoms with Crippen molar-refractivity contribution in [2.75, 3.05) is 20.3 Å². The molecule has 0 unspecified atom stereocenters. The summed E-state index contributed by atoms with van der Waals surface area (Å²) in [6, 6.07) is 3.07. The van der Waals surface area contributed by atoms with Crippen LogP contribution in [0.5, 0.6) is 11.6 Å². The van der Waals surface area contributed by atoms with Crippen LogP contribution in [0, 0.1) is 5.92 Å². The fourth-order valence-corrected chi connectivity index (χ4v) is 6.20. The number of rotatable bonds is 16. The van der Waals surface area contributed by atoms with Crippen molar-refractivity contribution in [3.63, 3.8) is 0 Å². The Morgan fingerprint density at radius 1 is 1.14 bits per heavy atom. The number of hydrogen-bond donors (Lipinski definition) is 2. The number of methoxy groups -OCH3 is 1. The molecule has 1 saturated heterocycles. The van der Waals surface area contributed by atoms with Gasteiger partial charge in [0.15, 0.2) is 5.15 Å². The van der Waals surface area contributed by atoms with Crippen molar-refractivity contribution in [1.29, 1.82) is 0 Å². The number of benzene rings is 1. The molecule has 2 N–H and O–H groups in total. The maximum Gasteiger partial charge on any atom is 0.408 e. The van der Waals surface area contributed by atoms with Crippen LogP contribution in [0.2, 0.25) is 5.15 Å². The molecule has 50 heavy (non-hydrogen) atoms. The first-order chi connectivity index (χ1) is 23.7. The second-order valence-corrected chi connectivity index (χ2v) is 13.9. The zero-order valence-corrected chi connectivity index (χ0v) is 30.2. The number of likely N-dealkylation sites (tertiary alicyclic amines) is 1. The molecule has 13 nitrogen and oxygen atoms in total. The van der Waals surface area contributed by atoms with Gasteiger partial charge in [0, 0.05) is 18.4 Å². The molecule has 0 spiro atoms. The van der Waals surface area contributed by atoms with Crippen LogP contribution in [-0.2, 0) is 23.9 Å². The molecule has 1 aromatic carbocycles. The Labute approximate surface area is 298 Å². The first-order valence-corrected chi connectivity index (χ1v) is 17.3. The van der Waals surface area contributed by atoms with Crippen LogP contribution >= 0.6 is 11.6 Å². The zero-order valence-electron chi connectivity index (χ0n) is 29.5. The minimum Gasteiger partial charge on any atom is -0.497 e. The summed E-state index contributed by atoms with van der Waals surface area (Å²) in [5.41, 5.74) is -1.08. The van der Waals surface area contributed by atoms with Gasteiger partial charge in [-0.15, -0.1) is 13.2 Å². The Balaban J connectivity index is 1.63. The highest BCUT2D eigenvalue weighted by atomic mass is 35.5. The van der Waals surface area contributed by atoms with Crippen molar-refractivity contribution in [2.24, 2.45) is 5.92 Å². The minimum atomic E-state index is -1.28. The molecule has 1 aliphatic carbocycles. The molecular weight excluding hydrogens is 666 g/mol. The summed E-state index contributed by atoms with van der Waals surface area (Å²) in [6.45, 7) is 14.5. The van der Waals surface area contributed by atoms with Gasteiger partial charge < -0.3 is 34.5 Å². The summed E-state index contributed by atoms with van der Waals surface area (Å²) in [5.74, 6) is -1.37. The predicted molar refractivity (Wildman–Crippen MR) is 188 cm³/mol. The molecule has 2 aliphatic rings. The van der Waals surface area contributed by atoms with Crippen molar-refractivity contribution in [2.45, 2.75) is 102 Å². The number of fused-ring (bicyclic) bond motifs is 1. The lowest BCUT2D eigenvalue weighted by Crippen LogP contribution is -2.56. The van der Waals surface area contributed by atoms with Crippen LogP contribution in [0.4, 0.5) is 4.79 Å². The number of allylic oxidation sites excluding steroid dienone is 1. The van der Waals surface area contributed by atoms with Crippen molar-refractivity contribution in [1.82, 2.24) is 25.5 Å². The average Bonchev–Trinajstić information content (AvgIpc) is 3.62. The van der Waals surface area contributed by atoms with Gasteiger partial charge in [-0.1, -0.05) is 36.6 Å². The van der Waals surface area contributed by atoms with E-state index < -0.39 is 53.2 Å². The summed E-state index contributed by atoms with van der Waals surface area (Å²) in [7, 11) is 1.54. The molecule has 5 atom stereocenters. The van der Waals surface area contributed by atoms with Crippen LogP contribution in [0.25, 0.3) is 11.0 Å². The SMILES string of the molecule is C=CCCCCC[C@H](NC(=O)OC(C)(C)C)C(=O)N1C[C@H](Oc2nc3cc(OC)ccc3nc2Cl)C[C@H]1C(=O)N[C@]1(C(=O)OCC)C[C@H]1C=C. The summed E-state index contributed by atoms with van der Waals surface area (Å²) < 4.78 is 22.3. The Kier molecular flexibility index (Phi) is 12.7. The van der Waals surface area contributed by atoms with Crippen molar-refractivity contribution in [3.8, 4) is 11.6 Å². The summed E-state index contributed by atoms with van der Waals surface area (Å²) >= 11 is 6.48. The van der Waals surface area contributed by atoms with Gasteiger partial charge in [-0.05, 0) is 65.5 Å². The Morgan fingerprint density at radius 2 is 1.90 bits per heavy atom. The second kappa shape index (κ2) is 16.5. The molecule has 1 aliphatic heterocycles. The zero-order chi connectivity index (χ0) is 36.6. The molecule has 14 heteroatoms. The average molecular weight is 714 g/mol. The summed E-state index contributed by atoms with van der Waals surface area (Å²) in [6.07, 6.45) is 5.74. The molecule has 4 rings (SSSR count). The number of nitrogens with zero attached hydrogens (tertiary/aromatic N) is 3. The van der Waals surface area contributed by atoms with E-state index in [0.717, 1.165) is 19.3 Å². The van der Waals surface area contributed by atoms with Crippen molar-refractivity contribution >= 4 is 46.5 Å². The third kappa shape index (κ3) is 9.43. The lowest BCUT2D eigenvalue weighted by atomic mass is 10.0. The van der Waals surface area contributed by atoms with E-state index in [0.29, 0.717) is 36.0 Å². The monoisotopic (exact) mass is 713 g/mol. The molecule has 1 saturated carbocycles. The van der Waals surface area contributed by atoms with Crippen molar-refractivity contribution in [3.05, 3.63) is 48.7 Å². The molecule has 2 heterocycles. The Hall–Kier alpha value is -4.39. The van der Waals surface area contributed by atoms with Gasteiger partial charge in [0.1, 0.15) is 35.1 Å². The number of hydrogen-bond acceptors (Lipinski definition) is 10. The lowest BCUT2D eigenvalue weighted by molar-refractivity contribution is -0.150. The smallest absolute Gasteiger partial charge is 0.408 e. The van der Waals surface area contributed by atoms with Gasteiger partial charge in [-0.25, -0.2) is 19.6 Å². The molecule has 2 aromatic rings. The number of unbranched alkanes of at least 4 members (excludes halogenated alkanes) is 3. The van der Waals surface area contributed by atoms with E-state index in [9.17, 15) is 19.2 Å². The van der Waals surface area contributed by atoms with Crippen LogP contribution < -0.4 is 20.1 Å². The van der Waals surface area contributed by atoms with Gasteiger partial charge in [0.05, 0.1) is 31.3 Å². The number of carbonyl (C=O) groups excluding carboxylic acids is 4. The van der Waals surface area contributed by atoms with Gasteiger partial charge in [0.25, 0.3) is 5.88 Å². The van der Waals surface area contributed by atoms with E-state index in [1.54, 1.807) is 52.0 Å². The molecule has 3 amide bonds. The van der Waals surface area contributed by atoms with E-state index in [2.05, 4.69) is 33.8 Å². The van der Waals surface area contributed by atoms with E-state index in [1.165, 1.54) is 12.0 Å². The predicted octanol–water partition coefficient (Wildman–Crippen LogP) is 5.29. The molecule has 272 valence electrons. The van der Waals surface area contributed by atoms with E-state index in [1.807, 2.05) is 6.08 Å². The number of ether oxygens (including phenoxy) is 4. The largest absolute Gasteiger partial charge is 0.497 e. The Bertz CT molecular complexity index is 1600.